The van der Waals surface area contributed by atoms with Crippen LogP contribution in [0, 0.1) is 0 Å². The van der Waals surface area contributed by atoms with Gasteiger partial charge in [-0.05, 0) is 13.3 Å². The molecule has 0 bridgehead atoms. The van der Waals surface area contributed by atoms with E-state index in [1.54, 1.807) is 11.3 Å². The summed E-state index contributed by atoms with van der Waals surface area (Å²) in [6.45, 7) is 5.45. The molecule has 0 aliphatic carbocycles. The highest BCUT2D eigenvalue weighted by molar-refractivity contribution is 7.09. The van der Waals surface area contributed by atoms with Crippen LogP contribution in [0.25, 0.3) is 0 Å². The second kappa shape index (κ2) is 6.11. The van der Waals surface area contributed by atoms with E-state index in [-0.39, 0.29) is 0 Å². The van der Waals surface area contributed by atoms with Crippen molar-refractivity contribution in [2.45, 2.75) is 45.7 Å². The molecule has 0 aliphatic heterocycles. The zero-order valence-electron chi connectivity index (χ0n) is 8.42. The summed E-state index contributed by atoms with van der Waals surface area (Å²) in [6.07, 6.45) is 5.81. The first-order chi connectivity index (χ1) is 6.33. The average Bonchev–Trinajstić information content (AvgIpc) is 2.64. The maximum absolute atomic E-state index is 4.04. The average molecular weight is 198 g/mol. The summed E-state index contributed by atoms with van der Waals surface area (Å²) in [4.78, 5) is 5.36. The van der Waals surface area contributed by atoms with E-state index >= 15 is 0 Å². The predicted octanol–water partition coefficient (Wildman–Crippen LogP) is 2.81. The van der Waals surface area contributed by atoms with Crippen molar-refractivity contribution in [1.82, 2.24) is 10.3 Å². The smallest absolute Gasteiger partial charge is 0.0794 e. The number of unbranched alkanes of at least 4 members (excludes halogenated alkanes) is 1. The Morgan fingerprint density at radius 3 is 3.08 bits per heavy atom. The summed E-state index contributed by atoms with van der Waals surface area (Å²) in [6, 6.07) is 0.627. The Bertz CT molecular complexity index is 209. The van der Waals surface area contributed by atoms with Crippen LogP contribution in [0.3, 0.4) is 0 Å². The fraction of sp³-hybridized carbons (Fsp3) is 0.700. The molecular weight excluding hydrogens is 180 g/mol. The molecule has 0 saturated carbocycles. The number of thiazole rings is 1. The third-order valence-electron chi connectivity index (χ3n) is 2.10. The first kappa shape index (κ1) is 10.7. The van der Waals surface area contributed by atoms with Crippen molar-refractivity contribution in [3.63, 3.8) is 0 Å². The van der Waals surface area contributed by atoms with Gasteiger partial charge in [0.15, 0.2) is 0 Å². The van der Waals surface area contributed by atoms with Gasteiger partial charge in [-0.3, -0.25) is 4.98 Å². The van der Waals surface area contributed by atoms with Crippen LogP contribution in [0.1, 0.15) is 38.0 Å². The van der Waals surface area contributed by atoms with Gasteiger partial charge in [0.25, 0.3) is 0 Å². The first-order valence-corrected chi connectivity index (χ1v) is 5.81. The fourth-order valence-electron chi connectivity index (χ4n) is 1.22. The number of rotatable bonds is 6. The van der Waals surface area contributed by atoms with Crippen molar-refractivity contribution >= 4 is 11.3 Å². The lowest BCUT2D eigenvalue weighted by atomic mass is 10.1. The van der Waals surface area contributed by atoms with Gasteiger partial charge in [-0.1, -0.05) is 19.8 Å². The second-order valence-electron chi connectivity index (χ2n) is 3.39. The Morgan fingerprint density at radius 1 is 1.62 bits per heavy atom. The predicted molar refractivity (Wildman–Crippen MR) is 57.9 cm³/mol. The molecule has 0 radical (unpaired) electrons. The summed E-state index contributed by atoms with van der Waals surface area (Å²) in [5.41, 5.74) is 1.88. The van der Waals surface area contributed by atoms with Crippen LogP contribution in [0.4, 0.5) is 0 Å². The van der Waals surface area contributed by atoms with Gasteiger partial charge in [0.2, 0.25) is 0 Å². The van der Waals surface area contributed by atoms with E-state index in [2.05, 4.69) is 24.1 Å². The van der Waals surface area contributed by atoms with Gasteiger partial charge in [-0.15, -0.1) is 11.3 Å². The number of nitrogens with one attached hydrogen (secondary N) is 1. The van der Waals surface area contributed by atoms with Gasteiger partial charge in [-0.2, -0.15) is 0 Å². The molecule has 0 fully saturated rings. The minimum atomic E-state index is 0.627. The molecule has 2 nitrogen and oxygen atoms in total. The summed E-state index contributed by atoms with van der Waals surface area (Å²) >= 11 is 1.72. The first-order valence-electron chi connectivity index (χ1n) is 4.93. The van der Waals surface area contributed by atoms with E-state index < -0.39 is 0 Å². The lowest BCUT2D eigenvalue weighted by Crippen LogP contribution is -2.24. The van der Waals surface area contributed by atoms with Crippen molar-refractivity contribution < 1.29 is 0 Å². The second-order valence-corrected chi connectivity index (χ2v) is 4.36. The van der Waals surface area contributed by atoms with Crippen molar-refractivity contribution in [3.05, 3.63) is 16.6 Å². The van der Waals surface area contributed by atoms with Crippen LogP contribution in [0.2, 0.25) is 0 Å². The molecule has 1 heterocycles. The summed E-state index contributed by atoms with van der Waals surface area (Å²) in [7, 11) is 0. The maximum atomic E-state index is 4.04. The van der Waals surface area contributed by atoms with Gasteiger partial charge in [0, 0.05) is 23.7 Å². The minimum absolute atomic E-state index is 0.627. The molecule has 1 N–H and O–H groups in total. The van der Waals surface area contributed by atoms with Crippen molar-refractivity contribution in [2.24, 2.45) is 0 Å². The molecular formula is C10H18N2S. The zero-order valence-corrected chi connectivity index (χ0v) is 9.23. The van der Waals surface area contributed by atoms with Crippen molar-refractivity contribution in [3.8, 4) is 0 Å². The molecule has 0 spiro atoms. The van der Waals surface area contributed by atoms with Gasteiger partial charge >= 0.3 is 0 Å². The normalized spacial score (nSPS) is 13.1. The van der Waals surface area contributed by atoms with E-state index in [4.69, 9.17) is 0 Å². The molecule has 3 heteroatoms. The molecule has 1 aromatic rings. The van der Waals surface area contributed by atoms with Crippen molar-refractivity contribution in [1.29, 1.82) is 0 Å². The summed E-state index contributed by atoms with van der Waals surface area (Å²) in [5, 5.41) is 3.49. The lowest BCUT2D eigenvalue weighted by Gasteiger charge is -2.11. The van der Waals surface area contributed by atoms with E-state index in [1.165, 1.54) is 24.1 Å². The molecule has 1 atom stereocenters. The minimum Gasteiger partial charge on any atom is -0.309 e. The van der Waals surface area contributed by atoms with Crippen LogP contribution in [0.15, 0.2) is 11.7 Å². The highest BCUT2D eigenvalue weighted by Crippen LogP contribution is 2.06. The highest BCUT2D eigenvalue weighted by atomic mass is 32.1. The SMILES string of the molecule is CCCCC(C)NCc1cncs1. The molecule has 0 aromatic carbocycles. The molecule has 0 aliphatic rings. The molecule has 0 amide bonds. The van der Waals surface area contributed by atoms with Crippen LogP contribution >= 0.6 is 11.3 Å². The topological polar surface area (TPSA) is 24.9 Å². The Labute approximate surface area is 84.4 Å². The third kappa shape index (κ3) is 4.39. The van der Waals surface area contributed by atoms with Gasteiger partial charge in [-0.25, -0.2) is 0 Å². The zero-order chi connectivity index (χ0) is 9.52. The monoisotopic (exact) mass is 198 g/mol. The van der Waals surface area contributed by atoms with E-state index in [1.807, 2.05) is 11.7 Å². The van der Waals surface area contributed by atoms with E-state index in [9.17, 15) is 0 Å². The van der Waals surface area contributed by atoms with Crippen LogP contribution in [0.5, 0.6) is 0 Å². The number of nitrogens with zero attached hydrogens (tertiary/aromatic N) is 1. The number of aromatic nitrogens is 1. The molecule has 74 valence electrons. The standard InChI is InChI=1S/C10H18N2S/c1-3-4-5-9(2)12-7-10-6-11-8-13-10/h6,8-9,12H,3-5,7H2,1-2H3. The van der Waals surface area contributed by atoms with Crippen LogP contribution in [-0.2, 0) is 6.54 Å². The molecule has 13 heavy (non-hydrogen) atoms. The number of hydrogen-bond donors (Lipinski definition) is 1. The molecule has 0 saturated heterocycles. The Kier molecular flexibility index (Phi) is 5.01. The van der Waals surface area contributed by atoms with Gasteiger partial charge in [0.1, 0.15) is 0 Å². The molecule has 1 unspecified atom stereocenters. The third-order valence-corrected chi connectivity index (χ3v) is 2.88. The lowest BCUT2D eigenvalue weighted by molar-refractivity contribution is 0.497. The maximum Gasteiger partial charge on any atom is 0.0794 e. The molecule has 1 rings (SSSR count). The van der Waals surface area contributed by atoms with Gasteiger partial charge in [0.05, 0.1) is 5.51 Å². The van der Waals surface area contributed by atoms with Gasteiger partial charge < -0.3 is 5.32 Å². The van der Waals surface area contributed by atoms with Crippen LogP contribution in [-0.4, -0.2) is 11.0 Å². The van der Waals surface area contributed by atoms with E-state index in [0.717, 1.165) is 6.54 Å². The Hall–Kier alpha value is -0.410. The highest BCUT2D eigenvalue weighted by Gasteiger charge is 2.00. The van der Waals surface area contributed by atoms with Crippen LogP contribution < -0.4 is 5.32 Å². The van der Waals surface area contributed by atoms with Crippen molar-refractivity contribution in [2.75, 3.05) is 0 Å². The van der Waals surface area contributed by atoms with E-state index in [0.29, 0.717) is 6.04 Å². The summed E-state index contributed by atoms with van der Waals surface area (Å²) < 4.78 is 0. The quantitative estimate of drug-likeness (QED) is 0.760. The Balaban J connectivity index is 2.11. The summed E-state index contributed by atoms with van der Waals surface area (Å²) in [5.74, 6) is 0. The number of hydrogen-bond acceptors (Lipinski definition) is 3. The fourth-order valence-corrected chi connectivity index (χ4v) is 1.76. The molecule has 1 aromatic heterocycles. The largest absolute Gasteiger partial charge is 0.309 e. The Morgan fingerprint density at radius 2 is 2.46 bits per heavy atom.